The van der Waals surface area contributed by atoms with Crippen molar-refractivity contribution in [3.05, 3.63) is 50.4 Å². The molecular formula is C33H47IN11O19P3S2. The zero-order chi connectivity index (χ0) is 51.1. The zero-order valence-electron chi connectivity index (χ0n) is 35.8. The van der Waals surface area contributed by atoms with Gasteiger partial charge in [-0.1, -0.05) is 58.6 Å². The van der Waals surface area contributed by atoms with Crippen molar-refractivity contribution in [2.45, 2.75) is 87.1 Å². The van der Waals surface area contributed by atoms with Gasteiger partial charge in [-0.3, -0.25) is 32.6 Å². The fourth-order valence-electron chi connectivity index (χ4n) is 6.07. The first kappa shape index (κ1) is 58.0. The first-order valence-electron chi connectivity index (χ1n) is 20.0. The van der Waals surface area contributed by atoms with Crippen LogP contribution in [0.1, 0.15) is 50.8 Å². The average molecular weight is 1190 g/mol. The van der Waals surface area contributed by atoms with Gasteiger partial charge >= 0.3 is 29.2 Å². The number of anilines is 1. The lowest BCUT2D eigenvalue weighted by Crippen LogP contribution is -2.47. The van der Waals surface area contributed by atoms with Crippen LogP contribution in [0.2, 0.25) is 0 Å². The van der Waals surface area contributed by atoms with Crippen LogP contribution in [0.25, 0.3) is 21.6 Å². The van der Waals surface area contributed by atoms with E-state index in [0.717, 1.165) is 29.2 Å². The number of aliphatic hydroxyl groups excluding tert-OH is 2. The SMILES string of the molecule is CCCCC(SSCCNC(=O)CCNC(=O)[C@H](O)P(=O)(O)OOP(=O)(O)OC[C@H]1O[C@@H](n2cnc3c(N)ncnc32)[C@H](O)[C@@H]1OP(=O)(O)O)[C@H](NC(=O)CCc1ccc(N=[N+]=[N-])c(I)c1)C(=O)O. The van der Waals surface area contributed by atoms with E-state index in [0.29, 0.717) is 34.3 Å². The number of hydrogen-bond acceptors (Lipinski definition) is 21. The molecule has 3 amide bonds. The Labute approximate surface area is 412 Å². The molecular weight excluding hydrogens is 1140 g/mol. The zero-order valence-corrected chi connectivity index (χ0v) is 42.2. The first-order valence-corrected chi connectivity index (χ1v) is 28.1. The Kier molecular flexibility index (Phi) is 22.5. The molecule has 0 radical (unpaired) electrons. The fraction of sp³-hybridized carbons (Fsp3) is 0.545. The van der Waals surface area contributed by atoms with Crippen LogP contribution in [0.5, 0.6) is 0 Å². The van der Waals surface area contributed by atoms with Crippen LogP contribution in [0.4, 0.5) is 11.5 Å². The summed E-state index contributed by atoms with van der Waals surface area (Å²) in [6.45, 7) is 0.379. The second kappa shape index (κ2) is 26.8. The molecule has 382 valence electrons. The van der Waals surface area contributed by atoms with E-state index in [4.69, 9.17) is 16.0 Å². The quantitative estimate of drug-likeness (QED) is 0.00545. The largest absolute Gasteiger partial charge is 0.500 e. The van der Waals surface area contributed by atoms with Gasteiger partial charge in [0.2, 0.25) is 17.7 Å². The Hall–Kier alpha value is -3.56. The monoisotopic (exact) mass is 1190 g/mol. The highest BCUT2D eigenvalue weighted by Crippen LogP contribution is 2.54. The minimum absolute atomic E-state index is 0.00280. The highest BCUT2D eigenvalue weighted by molar-refractivity contribution is 14.1. The number of ether oxygens (including phenoxy) is 1. The van der Waals surface area contributed by atoms with Gasteiger partial charge in [0, 0.05) is 45.4 Å². The Balaban J connectivity index is 1.18. The molecule has 1 aromatic carbocycles. The third-order valence-corrected chi connectivity index (χ3v) is 15.7. The molecule has 69 heavy (non-hydrogen) atoms. The Morgan fingerprint density at radius 2 is 1.81 bits per heavy atom. The van der Waals surface area contributed by atoms with Gasteiger partial charge in [-0.15, -0.1) is 9.35 Å². The van der Waals surface area contributed by atoms with Crippen molar-refractivity contribution < 1.29 is 90.9 Å². The number of benzene rings is 1. The number of amides is 3. The van der Waals surface area contributed by atoms with Gasteiger partial charge in [0.25, 0.3) is 5.91 Å². The molecule has 2 aromatic heterocycles. The van der Waals surface area contributed by atoms with Crippen molar-refractivity contribution >= 4 is 114 Å². The highest BCUT2D eigenvalue weighted by atomic mass is 127. The smallest absolute Gasteiger partial charge is 0.480 e. The average Bonchev–Trinajstić information content (AvgIpc) is 3.85. The summed E-state index contributed by atoms with van der Waals surface area (Å²) >= 11 is 2.01. The molecule has 1 fully saturated rings. The second-order valence-corrected chi connectivity index (χ2v) is 22.6. The minimum Gasteiger partial charge on any atom is -0.480 e. The number of nitrogens with zero attached hydrogens (tertiary/aromatic N) is 7. The summed E-state index contributed by atoms with van der Waals surface area (Å²) in [5.74, 6) is -6.55. The number of fused-ring (bicyclic) bond motifs is 1. The standard InChI is InChI=1S/C33H47IN11O19P3S2/c1-2-3-4-21(24(32(50)51)42-23(47)8-6-17-5-7-19(43-44-36)18(34)13-17)69-68-12-11-37-22(46)9-10-38-30(49)33(52)65(53,54)63-64-67(58,59)60-14-20-27(62-66(55,56)57)26(48)31(61-20)45-16-41-25-28(35)39-15-40-29(25)45/h5,7,13,15-16,20-21,24,26-27,31,33,48,52H,2-4,6,8-12,14H2,1H3,(H,37,46)(H,38,49)(H,42,47)(H,50,51)(H,53,54)(H,58,59)(H2,35,39,40)(H2,55,56,57)/t20-,21?,24+,26-,27-,31-,33-/m1/s1. The summed E-state index contributed by atoms with van der Waals surface area (Å²) in [4.78, 5) is 103. The normalized spacial score (nSPS) is 20.2. The number of rotatable bonds is 29. The van der Waals surface area contributed by atoms with Crippen LogP contribution in [-0.4, -0.2) is 139 Å². The number of nitrogens with two attached hydrogens (primary N) is 1. The molecule has 1 aliphatic heterocycles. The van der Waals surface area contributed by atoms with Crippen molar-refractivity contribution in [1.82, 2.24) is 35.5 Å². The topological polar surface area (TPSA) is 462 Å². The van der Waals surface area contributed by atoms with Crippen LogP contribution in [0.15, 0.2) is 36.0 Å². The minimum atomic E-state index is -5.65. The summed E-state index contributed by atoms with van der Waals surface area (Å²) in [7, 11) is -14.1. The number of azide groups is 1. The van der Waals surface area contributed by atoms with Crippen LogP contribution in [-0.2, 0) is 62.4 Å². The number of phosphoric ester groups is 2. The van der Waals surface area contributed by atoms with E-state index in [1.165, 1.54) is 21.6 Å². The molecule has 0 bridgehead atoms. The third kappa shape index (κ3) is 17.9. The van der Waals surface area contributed by atoms with Crippen molar-refractivity contribution in [3.63, 3.8) is 0 Å². The molecule has 0 spiro atoms. The lowest BCUT2D eigenvalue weighted by Gasteiger charge is -2.24. The van der Waals surface area contributed by atoms with Crippen LogP contribution < -0.4 is 21.7 Å². The van der Waals surface area contributed by atoms with E-state index in [1.807, 2.05) is 34.8 Å². The van der Waals surface area contributed by atoms with Gasteiger partial charge in [-0.2, -0.15) is 0 Å². The van der Waals surface area contributed by atoms with Gasteiger partial charge in [0.05, 0.1) is 18.6 Å². The van der Waals surface area contributed by atoms with Crippen LogP contribution in [0.3, 0.4) is 0 Å². The van der Waals surface area contributed by atoms with Crippen molar-refractivity contribution in [3.8, 4) is 0 Å². The maximum Gasteiger partial charge on any atom is 0.500 e. The van der Waals surface area contributed by atoms with E-state index in [-0.39, 0.29) is 29.9 Å². The molecule has 1 aliphatic rings. The van der Waals surface area contributed by atoms with E-state index < -0.39 is 108 Å². The van der Waals surface area contributed by atoms with E-state index in [2.05, 4.69) is 54.0 Å². The molecule has 3 heterocycles. The highest BCUT2D eigenvalue weighted by Gasteiger charge is 2.50. The molecule has 3 unspecified atom stereocenters. The molecule has 12 N–H and O–H groups in total. The van der Waals surface area contributed by atoms with E-state index in [9.17, 15) is 67.8 Å². The number of carboxylic acid groups (broad SMARTS) is 1. The molecule has 3 aromatic rings. The number of imidazole rings is 1. The number of carbonyl (C=O) groups is 4. The number of aryl methyl sites for hydroxylation is 1. The lowest BCUT2D eigenvalue weighted by molar-refractivity contribution is -0.149. The predicted octanol–water partition coefficient (Wildman–Crippen LogP) is 2.03. The number of carboxylic acids is 1. The third-order valence-electron chi connectivity index (χ3n) is 9.36. The number of nitrogen functional groups attached to an aromatic ring is 1. The first-order chi connectivity index (χ1) is 32.5. The van der Waals surface area contributed by atoms with Gasteiger partial charge in [-0.25, -0.2) is 28.9 Å². The summed E-state index contributed by atoms with van der Waals surface area (Å²) in [5, 5.41) is 41.2. The van der Waals surface area contributed by atoms with Crippen molar-refractivity contribution in [2.75, 3.05) is 31.2 Å². The number of aliphatic carboxylic acids is 1. The Bertz CT molecular complexity index is 2490. The lowest BCUT2D eigenvalue weighted by atomic mass is 10.1. The maximum atomic E-state index is 12.8. The number of aliphatic hydroxyl groups is 2. The molecule has 0 saturated carbocycles. The van der Waals surface area contributed by atoms with Gasteiger partial charge < -0.3 is 61.3 Å². The summed E-state index contributed by atoms with van der Waals surface area (Å²) < 4.78 is 61.5. The molecule has 30 nitrogen and oxygen atoms in total. The maximum absolute atomic E-state index is 12.8. The Morgan fingerprint density at radius 3 is 2.48 bits per heavy atom. The summed E-state index contributed by atoms with van der Waals surface area (Å²) in [5.41, 5.74) is 15.7. The fourth-order valence-corrected chi connectivity index (χ4v) is 11.6. The van der Waals surface area contributed by atoms with Crippen molar-refractivity contribution in [1.29, 1.82) is 0 Å². The number of carbonyl (C=O) groups excluding carboxylic acids is 3. The molecule has 1 saturated heterocycles. The summed E-state index contributed by atoms with van der Waals surface area (Å²) in [6, 6.07) is 3.89. The summed E-state index contributed by atoms with van der Waals surface area (Å²) in [6.07, 6.45) is -3.22. The number of aromatic nitrogens is 4. The van der Waals surface area contributed by atoms with Crippen LogP contribution in [0, 0.1) is 3.57 Å². The molecule has 36 heteroatoms. The van der Waals surface area contributed by atoms with Gasteiger partial charge in [-0.05, 0) is 52.6 Å². The number of unbranched alkanes of at least 4 members (excludes halogenated alkanes) is 1. The number of nitrogens with one attached hydrogen (secondary N) is 3. The Morgan fingerprint density at radius 1 is 1.07 bits per heavy atom. The molecule has 0 aliphatic carbocycles. The van der Waals surface area contributed by atoms with Crippen LogP contribution >= 0.6 is 67.4 Å². The second-order valence-electron chi connectivity index (χ2n) is 14.4. The number of hydrogen-bond donors (Lipinski definition) is 11. The predicted molar refractivity (Wildman–Crippen MR) is 250 cm³/mol. The molecule has 4 rings (SSSR count). The molecule has 9 atom stereocenters. The number of halogens is 1. The van der Waals surface area contributed by atoms with E-state index in [1.54, 1.807) is 18.2 Å². The van der Waals surface area contributed by atoms with Gasteiger partial charge in [0.1, 0.15) is 36.2 Å². The van der Waals surface area contributed by atoms with Crippen molar-refractivity contribution in [2.24, 2.45) is 5.11 Å². The number of phosphoric acid groups is 2. The van der Waals surface area contributed by atoms with E-state index >= 15 is 0 Å². The van der Waals surface area contributed by atoms with Gasteiger partial charge in [0.15, 0.2) is 17.7 Å².